The van der Waals surface area contributed by atoms with Crippen LogP contribution in [0.25, 0.3) is 10.9 Å². The predicted octanol–water partition coefficient (Wildman–Crippen LogP) is 3.60. The minimum absolute atomic E-state index is 0.129. The highest BCUT2D eigenvalue weighted by molar-refractivity contribution is 5.79. The number of aryl methyl sites for hydroxylation is 1. The van der Waals surface area contributed by atoms with Crippen LogP contribution in [0.2, 0.25) is 0 Å². The molecule has 0 aliphatic rings. The third kappa shape index (κ3) is 2.41. The molecule has 2 rings (SSSR count). The first-order valence-electron chi connectivity index (χ1n) is 6.27. The molecular weight excluding hydrogens is 210 g/mol. The van der Waals surface area contributed by atoms with Gasteiger partial charge in [0.25, 0.3) is 0 Å². The van der Waals surface area contributed by atoms with E-state index in [0.29, 0.717) is 5.92 Å². The molecule has 0 unspecified atom stereocenters. The number of aromatic nitrogens is 1. The molecule has 1 heterocycles. The molecule has 2 heteroatoms. The molecule has 2 nitrogen and oxygen atoms in total. The zero-order chi connectivity index (χ0) is 12.4. The Hall–Kier alpha value is -1.57. The molecule has 90 valence electrons. The summed E-state index contributed by atoms with van der Waals surface area (Å²) in [5.74, 6) is 0.453. The number of hydrogen-bond acceptors (Lipinski definition) is 1. The van der Waals surface area contributed by atoms with E-state index < -0.39 is 0 Å². The largest absolute Gasteiger partial charge is 0.358 e. The van der Waals surface area contributed by atoms with Crippen molar-refractivity contribution in [2.24, 2.45) is 0 Å². The van der Waals surface area contributed by atoms with Crippen LogP contribution in [-0.4, -0.2) is 4.98 Å². The van der Waals surface area contributed by atoms with Gasteiger partial charge in [-0.3, -0.25) is 4.79 Å². The van der Waals surface area contributed by atoms with Crippen LogP contribution in [0.4, 0.5) is 0 Å². The molecule has 0 fully saturated rings. The van der Waals surface area contributed by atoms with Crippen molar-refractivity contribution in [3.63, 3.8) is 0 Å². The third-order valence-corrected chi connectivity index (χ3v) is 3.10. The lowest BCUT2D eigenvalue weighted by atomic mass is 10.0. The summed E-state index contributed by atoms with van der Waals surface area (Å²) in [5.41, 5.74) is 3.32. The Balaban J connectivity index is 2.60. The van der Waals surface area contributed by atoms with Crippen molar-refractivity contribution in [2.75, 3.05) is 0 Å². The topological polar surface area (TPSA) is 32.9 Å². The van der Waals surface area contributed by atoms with Crippen molar-refractivity contribution in [1.82, 2.24) is 4.98 Å². The summed E-state index contributed by atoms with van der Waals surface area (Å²) in [7, 11) is 0. The molecule has 17 heavy (non-hydrogen) atoms. The molecule has 1 aromatic heterocycles. The van der Waals surface area contributed by atoms with Crippen LogP contribution < -0.4 is 5.43 Å². The molecule has 0 saturated heterocycles. The van der Waals surface area contributed by atoms with Gasteiger partial charge in [-0.05, 0) is 30.0 Å². The summed E-state index contributed by atoms with van der Waals surface area (Å²) in [6, 6.07) is 7.86. The van der Waals surface area contributed by atoms with Crippen molar-refractivity contribution in [2.45, 2.75) is 39.5 Å². The van der Waals surface area contributed by atoms with Crippen LogP contribution in [0.15, 0.2) is 29.1 Å². The summed E-state index contributed by atoms with van der Waals surface area (Å²) in [6.45, 7) is 6.39. The number of aromatic amines is 1. The van der Waals surface area contributed by atoms with Gasteiger partial charge in [-0.1, -0.05) is 33.3 Å². The zero-order valence-electron chi connectivity index (χ0n) is 10.7. The van der Waals surface area contributed by atoms with E-state index in [1.165, 1.54) is 5.56 Å². The lowest BCUT2D eigenvalue weighted by Crippen LogP contribution is -2.05. The van der Waals surface area contributed by atoms with Gasteiger partial charge in [-0.25, -0.2) is 0 Å². The maximum atomic E-state index is 12.0. The van der Waals surface area contributed by atoms with Crippen molar-refractivity contribution >= 4 is 10.9 Å². The number of fused-ring (bicyclic) bond motifs is 1. The fourth-order valence-corrected chi connectivity index (χ4v) is 2.08. The molecule has 2 aromatic rings. The number of hydrogen-bond donors (Lipinski definition) is 1. The molecule has 1 N–H and O–H groups in total. The van der Waals surface area contributed by atoms with Crippen molar-refractivity contribution in [3.05, 3.63) is 45.7 Å². The number of nitrogens with one attached hydrogen (secondary N) is 1. The lowest BCUT2D eigenvalue weighted by molar-refractivity contribution is 0.867. The minimum Gasteiger partial charge on any atom is -0.358 e. The summed E-state index contributed by atoms with van der Waals surface area (Å²) in [5, 5.41) is 0.802. The van der Waals surface area contributed by atoms with E-state index in [-0.39, 0.29) is 5.43 Å². The Labute approximate surface area is 102 Å². The molecule has 0 spiro atoms. The van der Waals surface area contributed by atoms with Gasteiger partial charge in [0.15, 0.2) is 5.43 Å². The van der Waals surface area contributed by atoms with E-state index in [0.717, 1.165) is 29.4 Å². The van der Waals surface area contributed by atoms with Crippen LogP contribution in [-0.2, 0) is 6.42 Å². The summed E-state index contributed by atoms with van der Waals surface area (Å²) in [6.07, 6.45) is 1.97. The highest BCUT2D eigenvalue weighted by atomic mass is 16.1. The quantitative estimate of drug-likeness (QED) is 0.857. The molecule has 0 amide bonds. The summed E-state index contributed by atoms with van der Waals surface area (Å²) < 4.78 is 0. The molecule has 1 aromatic carbocycles. The average molecular weight is 229 g/mol. The SMILES string of the molecule is CCCc1cc(=O)c2cc(C(C)C)ccc2[nH]1. The first-order chi connectivity index (χ1) is 8.11. The third-order valence-electron chi connectivity index (χ3n) is 3.10. The molecule has 0 radical (unpaired) electrons. The molecule has 0 aliphatic carbocycles. The van der Waals surface area contributed by atoms with E-state index in [1.54, 1.807) is 6.07 Å². The number of pyridine rings is 1. The fraction of sp³-hybridized carbons (Fsp3) is 0.400. The second kappa shape index (κ2) is 4.74. The molecule has 0 bridgehead atoms. The van der Waals surface area contributed by atoms with Crippen molar-refractivity contribution in [3.8, 4) is 0 Å². The van der Waals surface area contributed by atoms with Gasteiger partial charge in [-0.2, -0.15) is 0 Å². The average Bonchev–Trinajstić information content (AvgIpc) is 2.29. The van der Waals surface area contributed by atoms with Gasteiger partial charge in [0.05, 0.1) is 0 Å². The van der Waals surface area contributed by atoms with Crippen LogP contribution in [0.3, 0.4) is 0 Å². The Morgan fingerprint density at radius 2 is 2.00 bits per heavy atom. The second-order valence-electron chi connectivity index (χ2n) is 4.87. The Kier molecular flexibility index (Phi) is 3.32. The van der Waals surface area contributed by atoms with E-state index in [9.17, 15) is 4.79 Å². The minimum atomic E-state index is 0.129. The first-order valence-corrected chi connectivity index (χ1v) is 6.27. The molecular formula is C15H19NO. The number of H-pyrrole nitrogens is 1. The van der Waals surface area contributed by atoms with Crippen molar-refractivity contribution in [1.29, 1.82) is 0 Å². The van der Waals surface area contributed by atoms with E-state index in [1.807, 2.05) is 12.1 Å². The first kappa shape index (κ1) is 11.9. The Morgan fingerprint density at radius 1 is 1.24 bits per heavy atom. The van der Waals surface area contributed by atoms with Gasteiger partial charge < -0.3 is 4.98 Å². The van der Waals surface area contributed by atoms with E-state index >= 15 is 0 Å². The van der Waals surface area contributed by atoms with Crippen LogP contribution in [0.1, 0.15) is 44.4 Å². The van der Waals surface area contributed by atoms with Gasteiger partial charge >= 0.3 is 0 Å². The van der Waals surface area contributed by atoms with Gasteiger partial charge in [0, 0.05) is 22.7 Å². The molecule has 0 saturated carbocycles. The van der Waals surface area contributed by atoms with Gasteiger partial charge in [-0.15, -0.1) is 0 Å². The highest BCUT2D eigenvalue weighted by Crippen LogP contribution is 2.18. The maximum absolute atomic E-state index is 12.0. The molecule has 0 aliphatic heterocycles. The zero-order valence-corrected chi connectivity index (χ0v) is 10.7. The Bertz CT molecular complexity index is 581. The fourth-order valence-electron chi connectivity index (χ4n) is 2.08. The number of rotatable bonds is 3. The normalized spacial score (nSPS) is 11.3. The smallest absolute Gasteiger partial charge is 0.189 e. The summed E-state index contributed by atoms with van der Waals surface area (Å²) in [4.78, 5) is 15.4. The Morgan fingerprint density at radius 3 is 2.65 bits per heavy atom. The number of benzene rings is 1. The summed E-state index contributed by atoms with van der Waals surface area (Å²) >= 11 is 0. The van der Waals surface area contributed by atoms with Gasteiger partial charge in [0.1, 0.15) is 0 Å². The molecule has 0 atom stereocenters. The van der Waals surface area contributed by atoms with Gasteiger partial charge in [0.2, 0.25) is 0 Å². The monoisotopic (exact) mass is 229 g/mol. The standard InChI is InChI=1S/C15H19NO/c1-4-5-12-9-15(17)13-8-11(10(2)3)6-7-14(13)16-12/h6-10H,4-5H2,1-3H3,(H,16,17). The van der Waals surface area contributed by atoms with E-state index in [4.69, 9.17) is 0 Å². The van der Waals surface area contributed by atoms with Crippen molar-refractivity contribution < 1.29 is 0 Å². The maximum Gasteiger partial charge on any atom is 0.189 e. The van der Waals surface area contributed by atoms with Crippen LogP contribution in [0, 0.1) is 0 Å². The van der Waals surface area contributed by atoms with Crippen LogP contribution in [0.5, 0.6) is 0 Å². The second-order valence-corrected chi connectivity index (χ2v) is 4.87. The lowest BCUT2D eigenvalue weighted by Gasteiger charge is -2.08. The highest BCUT2D eigenvalue weighted by Gasteiger charge is 2.05. The predicted molar refractivity (Wildman–Crippen MR) is 72.7 cm³/mol. The van der Waals surface area contributed by atoms with Crippen LogP contribution >= 0.6 is 0 Å². The van der Waals surface area contributed by atoms with E-state index in [2.05, 4.69) is 31.8 Å².